The Morgan fingerprint density at radius 2 is 1.71 bits per heavy atom. The molecule has 0 radical (unpaired) electrons. The van der Waals surface area contributed by atoms with Crippen molar-refractivity contribution in [1.82, 2.24) is 5.32 Å². The molecule has 1 heterocycles. The normalized spacial score (nSPS) is 23.1. The zero-order valence-electron chi connectivity index (χ0n) is 10.9. The fourth-order valence-corrected chi connectivity index (χ4v) is 2.66. The number of esters is 1. The highest BCUT2D eigenvalue weighted by atomic mass is 16.5. The predicted octanol–water partition coefficient (Wildman–Crippen LogP) is 1.31. The highest BCUT2D eigenvalue weighted by molar-refractivity contribution is 5.90. The lowest BCUT2D eigenvalue weighted by atomic mass is 9.81. The summed E-state index contributed by atoms with van der Waals surface area (Å²) in [5.41, 5.74) is -0.230. The van der Waals surface area contributed by atoms with Gasteiger partial charge in [-0.15, -0.1) is 0 Å². The van der Waals surface area contributed by atoms with E-state index in [0.717, 1.165) is 0 Å². The van der Waals surface area contributed by atoms with Crippen LogP contribution in [-0.2, 0) is 14.3 Å². The molecule has 0 unspecified atom stereocenters. The van der Waals surface area contributed by atoms with E-state index < -0.39 is 18.4 Å². The predicted molar refractivity (Wildman–Crippen MR) is 62.7 cm³/mol. The number of carbonyl (C=O) groups excluding carboxylic acids is 1. The van der Waals surface area contributed by atoms with Crippen LogP contribution < -0.4 is 5.32 Å². The summed E-state index contributed by atoms with van der Waals surface area (Å²) in [6.45, 7) is 8.19. The lowest BCUT2D eigenvalue weighted by Gasteiger charge is -2.45. The van der Waals surface area contributed by atoms with E-state index in [1.807, 2.05) is 27.7 Å². The second kappa shape index (κ2) is 4.64. The summed E-state index contributed by atoms with van der Waals surface area (Å²) in [5.74, 6) is -1.81. The molecule has 0 aromatic heterocycles. The summed E-state index contributed by atoms with van der Waals surface area (Å²) >= 11 is 0. The molecular weight excluding hydrogens is 222 g/mol. The molecule has 0 saturated carbocycles. The third kappa shape index (κ3) is 4.73. The maximum Gasteiger partial charge on any atom is 0.317 e. The minimum absolute atomic E-state index is 0.115. The Kier molecular flexibility index (Phi) is 3.81. The molecule has 5 nitrogen and oxygen atoms in total. The number of carbonyl (C=O) groups is 2. The minimum Gasteiger partial charge on any atom is -0.481 e. The van der Waals surface area contributed by atoms with E-state index in [1.165, 1.54) is 0 Å². The maximum absolute atomic E-state index is 11.3. The number of piperidine rings is 1. The van der Waals surface area contributed by atoms with Crippen LogP contribution >= 0.6 is 0 Å². The van der Waals surface area contributed by atoms with E-state index in [2.05, 4.69) is 5.32 Å². The zero-order chi connectivity index (χ0) is 13.3. The van der Waals surface area contributed by atoms with E-state index in [-0.39, 0.29) is 17.2 Å². The van der Waals surface area contributed by atoms with Crippen LogP contribution in [0, 0.1) is 0 Å². The molecule has 5 heteroatoms. The third-order valence-electron chi connectivity index (χ3n) is 2.75. The van der Waals surface area contributed by atoms with Crippen molar-refractivity contribution in [2.45, 2.75) is 64.1 Å². The number of hydrogen-bond acceptors (Lipinski definition) is 4. The second-order valence-corrected chi connectivity index (χ2v) is 5.98. The maximum atomic E-state index is 11.3. The van der Waals surface area contributed by atoms with Crippen LogP contribution in [0.4, 0.5) is 0 Å². The zero-order valence-corrected chi connectivity index (χ0v) is 10.9. The number of rotatable bonds is 3. The van der Waals surface area contributed by atoms with Gasteiger partial charge in [0.25, 0.3) is 0 Å². The molecular formula is C12H21NO4. The van der Waals surface area contributed by atoms with Crippen molar-refractivity contribution in [1.29, 1.82) is 0 Å². The Labute approximate surface area is 102 Å². The first-order valence-corrected chi connectivity index (χ1v) is 5.80. The topological polar surface area (TPSA) is 75.6 Å². The molecule has 0 aliphatic carbocycles. The van der Waals surface area contributed by atoms with E-state index in [4.69, 9.17) is 9.84 Å². The van der Waals surface area contributed by atoms with Crippen LogP contribution in [0.2, 0.25) is 0 Å². The smallest absolute Gasteiger partial charge is 0.317 e. The number of carboxylic acids is 1. The summed E-state index contributed by atoms with van der Waals surface area (Å²) in [7, 11) is 0. The molecule has 1 aliphatic heterocycles. The fourth-order valence-electron chi connectivity index (χ4n) is 2.66. The second-order valence-electron chi connectivity index (χ2n) is 5.98. The van der Waals surface area contributed by atoms with Crippen molar-refractivity contribution in [2.24, 2.45) is 0 Å². The van der Waals surface area contributed by atoms with Gasteiger partial charge in [0.1, 0.15) is 12.5 Å². The molecule has 1 rings (SSSR count). The van der Waals surface area contributed by atoms with E-state index in [9.17, 15) is 9.59 Å². The third-order valence-corrected chi connectivity index (χ3v) is 2.75. The summed E-state index contributed by atoms with van der Waals surface area (Å²) < 4.78 is 5.21. The Bertz CT molecular complexity index is 306. The molecule has 2 N–H and O–H groups in total. The van der Waals surface area contributed by atoms with Gasteiger partial charge in [-0.25, -0.2) is 0 Å². The van der Waals surface area contributed by atoms with Crippen molar-refractivity contribution >= 4 is 11.9 Å². The summed E-state index contributed by atoms with van der Waals surface area (Å²) in [6, 6.07) is 0. The van der Waals surface area contributed by atoms with Crippen LogP contribution in [0.15, 0.2) is 0 Å². The lowest BCUT2D eigenvalue weighted by Crippen LogP contribution is -2.59. The molecule has 1 aliphatic rings. The first kappa shape index (κ1) is 14.0. The first-order valence-electron chi connectivity index (χ1n) is 5.80. The standard InChI is InChI=1S/C12H21NO4/c1-11(2)6-8(7-12(3,4)13-11)17-10(16)5-9(14)15/h8,13H,5-7H2,1-4H3,(H,14,15). The van der Waals surface area contributed by atoms with Crippen molar-refractivity contribution in [2.75, 3.05) is 0 Å². The number of nitrogens with one attached hydrogen (secondary N) is 1. The monoisotopic (exact) mass is 243 g/mol. The number of hydrogen-bond donors (Lipinski definition) is 2. The van der Waals surface area contributed by atoms with Gasteiger partial charge in [0, 0.05) is 23.9 Å². The molecule has 0 amide bonds. The van der Waals surface area contributed by atoms with E-state index in [0.29, 0.717) is 12.8 Å². The molecule has 98 valence electrons. The van der Waals surface area contributed by atoms with Crippen molar-refractivity contribution in [3.63, 3.8) is 0 Å². The van der Waals surface area contributed by atoms with Gasteiger partial charge in [-0.1, -0.05) is 0 Å². The van der Waals surface area contributed by atoms with Crippen LogP contribution in [-0.4, -0.2) is 34.2 Å². The van der Waals surface area contributed by atoms with Crippen molar-refractivity contribution < 1.29 is 19.4 Å². The van der Waals surface area contributed by atoms with E-state index in [1.54, 1.807) is 0 Å². The van der Waals surface area contributed by atoms with E-state index >= 15 is 0 Å². The number of carboxylic acid groups (broad SMARTS) is 1. The Morgan fingerprint density at radius 1 is 1.24 bits per heavy atom. The van der Waals surface area contributed by atoms with Crippen LogP contribution in [0.5, 0.6) is 0 Å². The first-order chi connectivity index (χ1) is 7.60. The number of ether oxygens (including phenoxy) is 1. The highest BCUT2D eigenvalue weighted by Gasteiger charge is 2.39. The molecule has 0 atom stereocenters. The summed E-state index contributed by atoms with van der Waals surface area (Å²) in [5, 5.41) is 12.0. The van der Waals surface area contributed by atoms with Crippen LogP contribution in [0.3, 0.4) is 0 Å². The van der Waals surface area contributed by atoms with Gasteiger partial charge in [0.2, 0.25) is 0 Å². The van der Waals surface area contributed by atoms with Gasteiger partial charge in [-0.3, -0.25) is 9.59 Å². The molecule has 0 aromatic carbocycles. The Hall–Kier alpha value is -1.10. The largest absolute Gasteiger partial charge is 0.481 e. The van der Waals surface area contributed by atoms with Gasteiger partial charge >= 0.3 is 11.9 Å². The average molecular weight is 243 g/mol. The van der Waals surface area contributed by atoms with Crippen molar-refractivity contribution in [3.05, 3.63) is 0 Å². The van der Waals surface area contributed by atoms with Gasteiger partial charge in [0.15, 0.2) is 0 Å². The molecule has 0 bridgehead atoms. The Morgan fingerprint density at radius 3 is 2.12 bits per heavy atom. The summed E-state index contributed by atoms with van der Waals surface area (Å²) in [6.07, 6.45) is 0.613. The Balaban J connectivity index is 2.59. The molecule has 0 spiro atoms. The van der Waals surface area contributed by atoms with Crippen LogP contribution in [0.25, 0.3) is 0 Å². The molecule has 0 aromatic rings. The average Bonchev–Trinajstić information content (AvgIpc) is 1.93. The van der Waals surface area contributed by atoms with Gasteiger partial charge in [-0.05, 0) is 27.7 Å². The van der Waals surface area contributed by atoms with Gasteiger partial charge in [0.05, 0.1) is 0 Å². The van der Waals surface area contributed by atoms with Gasteiger partial charge < -0.3 is 15.2 Å². The van der Waals surface area contributed by atoms with Gasteiger partial charge in [-0.2, -0.15) is 0 Å². The van der Waals surface area contributed by atoms with Crippen LogP contribution in [0.1, 0.15) is 47.0 Å². The molecule has 1 fully saturated rings. The molecule has 17 heavy (non-hydrogen) atoms. The number of aliphatic carboxylic acids is 1. The minimum atomic E-state index is -1.15. The quantitative estimate of drug-likeness (QED) is 0.577. The lowest BCUT2D eigenvalue weighted by molar-refractivity contribution is -0.158. The summed E-state index contributed by atoms with van der Waals surface area (Å²) in [4.78, 5) is 21.7. The molecule has 1 saturated heterocycles. The fraction of sp³-hybridized carbons (Fsp3) is 0.833. The SMILES string of the molecule is CC1(C)CC(OC(=O)CC(=O)O)CC(C)(C)N1. The van der Waals surface area contributed by atoms with Crippen molar-refractivity contribution in [3.8, 4) is 0 Å². The highest BCUT2D eigenvalue weighted by Crippen LogP contribution is 2.30.